The lowest BCUT2D eigenvalue weighted by Gasteiger charge is -2.67. The lowest BCUT2D eigenvalue weighted by atomic mass is 9.36. The van der Waals surface area contributed by atoms with E-state index >= 15 is 0 Å². The molecule has 5 rings (SSSR count). The van der Waals surface area contributed by atoms with Gasteiger partial charge in [-0.2, -0.15) is 0 Å². The Hall–Kier alpha value is -1.38. The summed E-state index contributed by atoms with van der Waals surface area (Å²) in [5.74, 6) is -0.0714. The summed E-state index contributed by atoms with van der Waals surface area (Å²) in [5, 5.41) is 9.99. The third-order valence-corrected chi connectivity index (χ3v) is 11.7. The second kappa shape index (κ2) is 6.14. The minimum atomic E-state index is -0.679. The number of carbonyl (C=O) groups excluding carboxylic acids is 1. The van der Waals surface area contributed by atoms with E-state index in [-0.39, 0.29) is 33.5 Å². The third kappa shape index (κ3) is 2.47. The number of fused-ring (bicyclic) bond motifs is 7. The van der Waals surface area contributed by atoms with Gasteiger partial charge in [-0.25, -0.2) is 0 Å². The third-order valence-electron chi connectivity index (χ3n) is 11.7. The highest BCUT2D eigenvalue weighted by Crippen LogP contribution is 2.74. The van der Waals surface area contributed by atoms with Crippen LogP contribution in [0.25, 0.3) is 0 Å². The van der Waals surface area contributed by atoms with Crippen LogP contribution in [0.15, 0.2) is 22.8 Å². The van der Waals surface area contributed by atoms with Gasteiger partial charge in [0.25, 0.3) is 0 Å². The standard InChI is InChI=1S/C28H40O3/c1-17-7-9-26(4)18(17)8-10-28(6)22(26)21(29)15-19-20-16-25(3,23(30)31)12-11-24(20,2)13-14-27(19,28)5/h15,20,22H,7-14,16H2,1-6H3,(H,30,31)/t20?,22-,24+,25-,26-,27+,28+/m0/s1. The fourth-order valence-corrected chi connectivity index (χ4v) is 9.20. The van der Waals surface area contributed by atoms with Gasteiger partial charge in [0.1, 0.15) is 0 Å². The van der Waals surface area contributed by atoms with Gasteiger partial charge in [-0.15, -0.1) is 0 Å². The van der Waals surface area contributed by atoms with Gasteiger partial charge in [0.2, 0.25) is 0 Å². The zero-order valence-corrected chi connectivity index (χ0v) is 20.4. The van der Waals surface area contributed by atoms with Gasteiger partial charge in [-0.05, 0) is 105 Å². The zero-order chi connectivity index (χ0) is 22.6. The van der Waals surface area contributed by atoms with Crippen LogP contribution >= 0.6 is 0 Å². The molecule has 0 aromatic heterocycles. The molecule has 1 N–H and O–H groups in total. The first kappa shape index (κ1) is 21.5. The van der Waals surface area contributed by atoms with Crippen LogP contribution in [-0.2, 0) is 9.59 Å². The monoisotopic (exact) mass is 424 g/mol. The Morgan fingerprint density at radius 2 is 1.65 bits per heavy atom. The summed E-state index contributed by atoms with van der Waals surface area (Å²) in [6, 6.07) is 0. The highest BCUT2D eigenvalue weighted by Gasteiger charge is 2.67. The molecule has 0 aliphatic heterocycles. The number of carbonyl (C=O) groups is 2. The molecule has 170 valence electrons. The lowest BCUT2D eigenvalue weighted by Crippen LogP contribution is -2.62. The summed E-state index contributed by atoms with van der Waals surface area (Å²) in [5.41, 5.74) is 3.79. The van der Waals surface area contributed by atoms with E-state index in [0.29, 0.717) is 12.2 Å². The maximum atomic E-state index is 13.9. The molecular weight excluding hydrogens is 384 g/mol. The van der Waals surface area contributed by atoms with Crippen molar-refractivity contribution in [2.24, 2.45) is 38.9 Å². The Bertz CT molecular complexity index is 942. The summed E-state index contributed by atoms with van der Waals surface area (Å²) >= 11 is 0. The number of rotatable bonds is 1. The van der Waals surface area contributed by atoms with E-state index in [4.69, 9.17) is 0 Å². The second-order valence-electron chi connectivity index (χ2n) is 13.1. The molecule has 31 heavy (non-hydrogen) atoms. The average molecular weight is 425 g/mol. The summed E-state index contributed by atoms with van der Waals surface area (Å²) < 4.78 is 0. The molecule has 0 heterocycles. The molecule has 0 bridgehead atoms. The van der Waals surface area contributed by atoms with Crippen molar-refractivity contribution in [3.63, 3.8) is 0 Å². The van der Waals surface area contributed by atoms with E-state index in [1.165, 1.54) is 11.1 Å². The Balaban J connectivity index is 1.64. The van der Waals surface area contributed by atoms with Crippen molar-refractivity contribution in [2.45, 2.75) is 99.3 Å². The van der Waals surface area contributed by atoms with Gasteiger partial charge < -0.3 is 5.11 Å². The van der Waals surface area contributed by atoms with Crippen LogP contribution in [0.4, 0.5) is 0 Å². The van der Waals surface area contributed by atoms with E-state index < -0.39 is 11.4 Å². The van der Waals surface area contributed by atoms with Crippen molar-refractivity contribution >= 4 is 11.8 Å². The molecule has 3 fully saturated rings. The van der Waals surface area contributed by atoms with E-state index in [1.807, 2.05) is 13.0 Å². The molecule has 0 aromatic carbocycles. The predicted octanol–water partition coefficient (Wildman–Crippen LogP) is 6.73. The quantitative estimate of drug-likeness (QED) is 0.475. The van der Waals surface area contributed by atoms with Gasteiger partial charge in [0.15, 0.2) is 5.78 Å². The number of allylic oxidation sites excluding steroid dienone is 4. The molecule has 1 unspecified atom stereocenters. The van der Waals surface area contributed by atoms with Gasteiger partial charge >= 0.3 is 5.97 Å². The molecule has 5 aliphatic carbocycles. The van der Waals surface area contributed by atoms with Crippen LogP contribution in [0.3, 0.4) is 0 Å². The van der Waals surface area contributed by atoms with E-state index in [0.717, 1.165) is 51.4 Å². The number of aliphatic carboxylic acids is 1. The molecule has 0 saturated heterocycles. The summed E-state index contributed by atoms with van der Waals surface area (Å²) in [7, 11) is 0. The molecule has 3 saturated carbocycles. The van der Waals surface area contributed by atoms with Crippen molar-refractivity contribution in [3.05, 3.63) is 22.8 Å². The Morgan fingerprint density at radius 3 is 2.32 bits per heavy atom. The van der Waals surface area contributed by atoms with Crippen molar-refractivity contribution in [3.8, 4) is 0 Å². The molecule has 0 aromatic rings. The highest BCUT2D eigenvalue weighted by molar-refractivity contribution is 5.96. The van der Waals surface area contributed by atoms with E-state index in [9.17, 15) is 14.7 Å². The molecule has 3 nitrogen and oxygen atoms in total. The Labute approximate surface area is 187 Å². The first-order chi connectivity index (χ1) is 14.3. The Morgan fingerprint density at radius 1 is 0.968 bits per heavy atom. The van der Waals surface area contributed by atoms with E-state index in [2.05, 4.69) is 34.6 Å². The fraction of sp³-hybridized carbons (Fsp3) is 0.786. The summed E-state index contributed by atoms with van der Waals surface area (Å²) in [6.07, 6.45) is 11.2. The van der Waals surface area contributed by atoms with Crippen molar-refractivity contribution in [2.75, 3.05) is 0 Å². The largest absolute Gasteiger partial charge is 0.481 e. The smallest absolute Gasteiger partial charge is 0.309 e. The van der Waals surface area contributed by atoms with Crippen LogP contribution in [0, 0.1) is 38.9 Å². The van der Waals surface area contributed by atoms with Gasteiger partial charge in [0.05, 0.1) is 5.41 Å². The highest BCUT2D eigenvalue weighted by atomic mass is 16.4. The average Bonchev–Trinajstić information content (AvgIpc) is 2.99. The minimum Gasteiger partial charge on any atom is -0.481 e. The summed E-state index contributed by atoms with van der Waals surface area (Å²) in [6.45, 7) is 13.8. The van der Waals surface area contributed by atoms with Crippen molar-refractivity contribution in [1.82, 2.24) is 0 Å². The SMILES string of the molecule is CC1=C2CC[C@]3(C)[C@@H](C(=O)C=C4C5C[C@@](C)(C(=O)O)CC[C@]5(C)CC[C@]43C)[C@@]2(C)CC1. The van der Waals surface area contributed by atoms with E-state index in [1.54, 1.807) is 5.57 Å². The maximum Gasteiger partial charge on any atom is 0.309 e. The first-order valence-corrected chi connectivity index (χ1v) is 12.5. The fourth-order valence-electron chi connectivity index (χ4n) is 9.20. The normalized spacial score (nSPS) is 51.4. The molecule has 5 aliphatic rings. The second-order valence-corrected chi connectivity index (χ2v) is 13.1. The molecule has 0 spiro atoms. The van der Waals surface area contributed by atoms with Crippen molar-refractivity contribution < 1.29 is 14.7 Å². The number of hydrogen-bond donors (Lipinski definition) is 1. The molecule has 0 amide bonds. The Kier molecular flexibility index (Phi) is 4.25. The molecular formula is C28H40O3. The summed E-state index contributed by atoms with van der Waals surface area (Å²) in [4.78, 5) is 26.1. The predicted molar refractivity (Wildman–Crippen MR) is 122 cm³/mol. The first-order valence-electron chi connectivity index (χ1n) is 12.5. The molecule has 0 radical (unpaired) electrons. The molecule has 3 heteroatoms. The topological polar surface area (TPSA) is 54.4 Å². The van der Waals surface area contributed by atoms with Gasteiger partial charge in [-0.3, -0.25) is 9.59 Å². The van der Waals surface area contributed by atoms with Crippen LogP contribution in [-0.4, -0.2) is 16.9 Å². The van der Waals surface area contributed by atoms with Crippen LogP contribution in [0.2, 0.25) is 0 Å². The van der Waals surface area contributed by atoms with Crippen molar-refractivity contribution in [1.29, 1.82) is 0 Å². The number of hydrogen-bond acceptors (Lipinski definition) is 2. The van der Waals surface area contributed by atoms with Gasteiger partial charge in [0, 0.05) is 5.92 Å². The van der Waals surface area contributed by atoms with Crippen LogP contribution in [0.1, 0.15) is 99.3 Å². The lowest BCUT2D eigenvalue weighted by molar-refractivity contribution is -0.158. The number of ketones is 1. The van der Waals surface area contributed by atoms with Gasteiger partial charge in [-0.1, -0.05) is 44.4 Å². The van der Waals surface area contributed by atoms with Crippen LogP contribution < -0.4 is 0 Å². The zero-order valence-electron chi connectivity index (χ0n) is 20.4. The number of carboxylic acids is 1. The van der Waals surface area contributed by atoms with Crippen LogP contribution in [0.5, 0.6) is 0 Å². The molecule has 7 atom stereocenters. The minimum absolute atomic E-state index is 0.00208. The number of carboxylic acid groups (broad SMARTS) is 1. The maximum absolute atomic E-state index is 13.9.